The van der Waals surface area contributed by atoms with Crippen LogP contribution < -0.4 is 4.90 Å². The van der Waals surface area contributed by atoms with Crippen LogP contribution in [0.25, 0.3) is 5.69 Å². The second kappa shape index (κ2) is 6.95. The van der Waals surface area contributed by atoms with Gasteiger partial charge in [-0.25, -0.2) is 4.39 Å². The van der Waals surface area contributed by atoms with E-state index in [0.29, 0.717) is 30.0 Å². The number of benzene rings is 1. The molecule has 0 unspecified atom stereocenters. The van der Waals surface area contributed by atoms with E-state index < -0.39 is 4.33 Å². The summed E-state index contributed by atoms with van der Waals surface area (Å²) in [5.74, 6) is 1.40. The highest BCUT2D eigenvalue weighted by atomic mass is 35.5. The molecule has 1 aliphatic heterocycles. The number of hydrogen-bond acceptors (Lipinski definition) is 5. The van der Waals surface area contributed by atoms with Gasteiger partial charge in [-0.05, 0) is 24.6 Å². The quantitative estimate of drug-likeness (QED) is 0.565. The zero-order valence-electron chi connectivity index (χ0n) is 13.4. The fourth-order valence-electron chi connectivity index (χ4n) is 2.79. The third-order valence-corrected chi connectivity index (χ3v) is 6.36. The molecule has 2 fully saturated rings. The van der Waals surface area contributed by atoms with Crippen molar-refractivity contribution in [3.63, 3.8) is 0 Å². The second-order valence-electron chi connectivity index (χ2n) is 6.17. The first kappa shape index (κ1) is 17.4. The molecule has 9 heteroatoms. The predicted octanol–water partition coefficient (Wildman–Crippen LogP) is 3.53. The molecule has 0 bridgehead atoms. The summed E-state index contributed by atoms with van der Waals surface area (Å²) < 4.78 is 20.4. The van der Waals surface area contributed by atoms with Crippen molar-refractivity contribution in [1.29, 1.82) is 0 Å². The summed E-state index contributed by atoms with van der Waals surface area (Å²) in [6.07, 6.45) is 0.785. The average Bonchev–Trinajstić information content (AvgIpc) is 3.03. The summed E-state index contributed by atoms with van der Waals surface area (Å²) >= 11 is 13.8. The lowest BCUT2D eigenvalue weighted by Crippen LogP contribution is -2.37. The van der Waals surface area contributed by atoms with Crippen LogP contribution in [0.2, 0.25) is 0 Å². The van der Waals surface area contributed by atoms with Crippen molar-refractivity contribution >= 4 is 40.9 Å². The van der Waals surface area contributed by atoms with E-state index in [-0.39, 0.29) is 11.7 Å². The Hall–Kier alpha value is -1.02. The highest BCUT2D eigenvalue weighted by molar-refractivity contribution is 7.99. The van der Waals surface area contributed by atoms with Crippen LogP contribution >= 0.6 is 35.0 Å². The second-order valence-corrected chi connectivity index (χ2v) is 8.70. The molecule has 4 rings (SSSR count). The Bertz CT molecular complexity index is 766. The fraction of sp³-hybridized carbons (Fsp3) is 0.500. The van der Waals surface area contributed by atoms with Crippen LogP contribution in [0.4, 0.5) is 10.3 Å². The normalized spacial score (nSPS) is 22.2. The SMILES string of the molecule is Fc1cccc(-n2c(SC[C@H]3CC3(Cl)Cl)nnc2N2CCOCC2)c1. The number of hydrogen-bond donors (Lipinski definition) is 0. The van der Waals surface area contributed by atoms with Gasteiger partial charge in [0, 0.05) is 24.8 Å². The lowest BCUT2D eigenvalue weighted by molar-refractivity contribution is 0.122. The van der Waals surface area contributed by atoms with Gasteiger partial charge >= 0.3 is 0 Å². The number of halogens is 3. The zero-order chi connectivity index (χ0) is 17.4. The molecule has 1 aromatic carbocycles. The molecule has 2 heterocycles. The van der Waals surface area contributed by atoms with E-state index in [4.69, 9.17) is 27.9 Å². The lowest BCUT2D eigenvalue weighted by Gasteiger charge is -2.27. The Labute approximate surface area is 159 Å². The molecule has 5 nitrogen and oxygen atoms in total. The first-order valence-electron chi connectivity index (χ1n) is 8.09. The minimum Gasteiger partial charge on any atom is -0.378 e. The molecule has 1 aliphatic carbocycles. The summed E-state index contributed by atoms with van der Waals surface area (Å²) in [5, 5.41) is 9.40. The van der Waals surface area contributed by atoms with Gasteiger partial charge in [-0.3, -0.25) is 4.57 Å². The Morgan fingerprint density at radius 2 is 2.04 bits per heavy atom. The lowest BCUT2D eigenvalue weighted by atomic mass is 10.3. The van der Waals surface area contributed by atoms with E-state index in [2.05, 4.69) is 15.1 Å². The first-order valence-corrected chi connectivity index (χ1v) is 9.83. The molecular weight excluding hydrogens is 386 g/mol. The molecule has 0 amide bonds. The monoisotopic (exact) mass is 402 g/mol. The van der Waals surface area contributed by atoms with E-state index in [0.717, 1.165) is 25.3 Å². The van der Waals surface area contributed by atoms with Crippen LogP contribution in [0.15, 0.2) is 29.4 Å². The smallest absolute Gasteiger partial charge is 0.232 e. The summed E-state index contributed by atoms with van der Waals surface area (Å²) in [4.78, 5) is 2.11. The van der Waals surface area contributed by atoms with Crippen molar-refractivity contribution in [3.8, 4) is 5.69 Å². The van der Waals surface area contributed by atoms with E-state index in [1.165, 1.54) is 12.1 Å². The molecular formula is C16H17Cl2FN4OS. The van der Waals surface area contributed by atoms with Crippen molar-refractivity contribution in [2.75, 3.05) is 37.0 Å². The first-order chi connectivity index (χ1) is 12.0. The van der Waals surface area contributed by atoms with E-state index in [9.17, 15) is 4.39 Å². The number of nitrogens with zero attached hydrogens (tertiary/aromatic N) is 4. The van der Waals surface area contributed by atoms with Crippen LogP contribution in [-0.4, -0.2) is 51.2 Å². The molecule has 1 saturated carbocycles. The van der Waals surface area contributed by atoms with Gasteiger partial charge in [0.25, 0.3) is 0 Å². The highest BCUT2D eigenvalue weighted by Gasteiger charge is 2.51. The van der Waals surface area contributed by atoms with E-state index in [1.807, 2.05) is 10.6 Å². The molecule has 1 aromatic heterocycles. The maximum absolute atomic E-state index is 13.8. The van der Waals surface area contributed by atoms with Crippen LogP contribution in [0.3, 0.4) is 0 Å². The summed E-state index contributed by atoms with van der Waals surface area (Å²) in [6, 6.07) is 6.45. The topological polar surface area (TPSA) is 43.2 Å². The van der Waals surface area contributed by atoms with Gasteiger partial charge < -0.3 is 9.64 Å². The number of rotatable bonds is 5. The molecule has 2 aromatic rings. The number of morpholine rings is 1. The minimum absolute atomic E-state index is 0.241. The Kier molecular flexibility index (Phi) is 4.83. The van der Waals surface area contributed by atoms with Crippen LogP contribution in [0.5, 0.6) is 0 Å². The standard InChI is InChI=1S/C16H17Cl2FN4OS/c17-16(18)9-11(16)10-25-15-21-20-14(22-4-6-24-7-5-22)23(15)13-3-1-2-12(19)8-13/h1-3,8,11H,4-7,9-10H2/t11-/m1/s1. The number of aromatic nitrogens is 3. The van der Waals surface area contributed by atoms with Crippen LogP contribution in [0.1, 0.15) is 6.42 Å². The number of anilines is 1. The molecule has 0 N–H and O–H groups in total. The summed E-state index contributed by atoms with van der Waals surface area (Å²) in [5.41, 5.74) is 0.702. The van der Waals surface area contributed by atoms with E-state index >= 15 is 0 Å². The molecule has 0 radical (unpaired) electrons. The van der Waals surface area contributed by atoms with Gasteiger partial charge in [0.05, 0.1) is 18.9 Å². The molecule has 1 saturated heterocycles. The minimum atomic E-state index is -0.621. The molecule has 2 aliphatic rings. The van der Waals surface area contributed by atoms with Crippen molar-refractivity contribution in [1.82, 2.24) is 14.8 Å². The van der Waals surface area contributed by atoms with Crippen LogP contribution in [0, 0.1) is 11.7 Å². The maximum Gasteiger partial charge on any atom is 0.232 e. The van der Waals surface area contributed by atoms with Crippen molar-refractivity contribution < 1.29 is 9.13 Å². The number of ether oxygens (including phenoxy) is 1. The van der Waals surface area contributed by atoms with Gasteiger partial charge in [-0.1, -0.05) is 17.8 Å². The number of thioether (sulfide) groups is 1. The van der Waals surface area contributed by atoms with Gasteiger partial charge in [-0.2, -0.15) is 0 Å². The van der Waals surface area contributed by atoms with Gasteiger partial charge in [0.2, 0.25) is 5.95 Å². The summed E-state index contributed by atoms with van der Waals surface area (Å²) in [7, 11) is 0. The Balaban J connectivity index is 1.64. The third kappa shape index (κ3) is 3.74. The average molecular weight is 403 g/mol. The molecule has 1 atom stereocenters. The fourth-order valence-corrected chi connectivity index (χ4v) is 4.67. The van der Waals surface area contributed by atoms with Crippen molar-refractivity contribution in [3.05, 3.63) is 30.1 Å². The maximum atomic E-state index is 13.8. The highest BCUT2D eigenvalue weighted by Crippen LogP contribution is 2.54. The Morgan fingerprint density at radius 1 is 1.28 bits per heavy atom. The number of alkyl halides is 2. The van der Waals surface area contributed by atoms with Gasteiger partial charge in [-0.15, -0.1) is 33.4 Å². The largest absolute Gasteiger partial charge is 0.378 e. The van der Waals surface area contributed by atoms with Gasteiger partial charge in [0.15, 0.2) is 5.16 Å². The molecule has 0 spiro atoms. The van der Waals surface area contributed by atoms with E-state index in [1.54, 1.807) is 17.8 Å². The van der Waals surface area contributed by atoms with Gasteiger partial charge in [0.1, 0.15) is 10.2 Å². The van der Waals surface area contributed by atoms with Crippen LogP contribution in [-0.2, 0) is 4.74 Å². The molecule has 134 valence electrons. The van der Waals surface area contributed by atoms with Crippen molar-refractivity contribution in [2.45, 2.75) is 15.9 Å². The molecule has 25 heavy (non-hydrogen) atoms. The predicted molar refractivity (Wildman–Crippen MR) is 97.6 cm³/mol. The Morgan fingerprint density at radius 3 is 2.72 bits per heavy atom. The van der Waals surface area contributed by atoms with Crippen molar-refractivity contribution in [2.24, 2.45) is 5.92 Å². The zero-order valence-corrected chi connectivity index (χ0v) is 15.7. The third-order valence-electron chi connectivity index (χ3n) is 4.35. The summed E-state index contributed by atoms with van der Waals surface area (Å²) in [6.45, 7) is 2.74.